The maximum Gasteiger partial charge on any atom is 0.0235 e. The highest BCUT2D eigenvalue weighted by Gasteiger charge is 2.25. The Kier molecular flexibility index (Phi) is 9.48. The van der Waals surface area contributed by atoms with Crippen LogP contribution < -0.4 is 5.32 Å². The third kappa shape index (κ3) is 6.73. The third-order valence-electron chi connectivity index (χ3n) is 4.39. The second kappa shape index (κ2) is 10.6. The van der Waals surface area contributed by atoms with Crippen LogP contribution in [0.5, 0.6) is 0 Å². The van der Waals surface area contributed by atoms with Crippen LogP contribution in [-0.2, 0) is 0 Å². The number of unbranched alkanes of at least 4 members (excludes halogenated alkanes) is 3. The summed E-state index contributed by atoms with van der Waals surface area (Å²) in [4.78, 5) is 5.24. The maximum absolute atomic E-state index is 3.59. The van der Waals surface area contributed by atoms with Crippen LogP contribution in [0, 0.1) is 0 Å². The number of hydrogen-bond donors (Lipinski definition) is 1. The largest absolute Gasteiger partial charge is 0.315 e. The quantitative estimate of drug-likeness (QED) is 0.582. The summed E-state index contributed by atoms with van der Waals surface area (Å²) in [5, 5.41) is 3.59. The van der Waals surface area contributed by atoms with Gasteiger partial charge in [-0.05, 0) is 39.0 Å². The molecule has 0 spiro atoms. The first kappa shape index (κ1) is 16.9. The van der Waals surface area contributed by atoms with Gasteiger partial charge in [-0.25, -0.2) is 0 Å². The molecule has 0 radical (unpaired) electrons. The number of rotatable bonds is 11. The Morgan fingerprint density at radius 2 is 1.84 bits per heavy atom. The average molecular weight is 269 g/mol. The predicted molar refractivity (Wildman–Crippen MR) is 84.8 cm³/mol. The van der Waals surface area contributed by atoms with E-state index in [9.17, 15) is 0 Å². The molecule has 1 heterocycles. The van der Waals surface area contributed by atoms with Crippen LogP contribution in [0.25, 0.3) is 0 Å². The fourth-order valence-corrected chi connectivity index (χ4v) is 3.09. The summed E-state index contributed by atoms with van der Waals surface area (Å²) in [5.74, 6) is 0. The van der Waals surface area contributed by atoms with E-state index in [1.165, 1.54) is 71.4 Å². The van der Waals surface area contributed by atoms with Crippen molar-refractivity contribution in [2.75, 3.05) is 45.8 Å². The van der Waals surface area contributed by atoms with Gasteiger partial charge in [0.15, 0.2) is 0 Å². The van der Waals surface area contributed by atoms with Crippen LogP contribution in [0.3, 0.4) is 0 Å². The van der Waals surface area contributed by atoms with Crippen molar-refractivity contribution in [3.63, 3.8) is 0 Å². The van der Waals surface area contributed by atoms with Crippen LogP contribution in [0.2, 0.25) is 0 Å². The first-order valence-corrected chi connectivity index (χ1v) is 8.48. The van der Waals surface area contributed by atoms with E-state index in [2.05, 4.69) is 35.9 Å². The molecule has 1 aliphatic heterocycles. The summed E-state index contributed by atoms with van der Waals surface area (Å²) in [5.41, 5.74) is 0. The van der Waals surface area contributed by atoms with E-state index in [0.29, 0.717) is 0 Å². The minimum absolute atomic E-state index is 0.805. The summed E-state index contributed by atoms with van der Waals surface area (Å²) in [6.45, 7) is 15.4. The minimum atomic E-state index is 0.805. The lowest BCUT2D eigenvalue weighted by Gasteiger charge is -2.26. The van der Waals surface area contributed by atoms with Gasteiger partial charge in [-0.15, -0.1) is 0 Å². The fraction of sp³-hybridized carbons (Fsp3) is 1.00. The molecule has 3 heteroatoms. The Balaban J connectivity index is 1.99. The molecule has 0 saturated carbocycles. The third-order valence-corrected chi connectivity index (χ3v) is 4.39. The summed E-state index contributed by atoms with van der Waals surface area (Å²) >= 11 is 0. The number of nitrogens with one attached hydrogen (secondary N) is 1. The molecule has 1 N–H and O–H groups in total. The molecule has 0 aliphatic carbocycles. The number of hydrogen-bond acceptors (Lipinski definition) is 3. The minimum Gasteiger partial charge on any atom is -0.315 e. The van der Waals surface area contributed by atoms with E-state index >= 15 is 0 Å². The van der Waals surface area contributed by atoms with Gasteiger partial charge >= 0.3 is 0 Å². The van der Waals surface area contributed by atoms with Gasteiger partial charge in [-0.3, -0.25) is 4.90 Å². The van der Waals surface area contributed by atoms with Crippen LogP contribution in [0.1, 0.15) is 52.9 Å². The molecule has 1 saturated heterocycles. The molecule has 19 heavy (non-hydrogen) atoms. The van der Waals surface area contributed by atoms with Crippen molar-refractivity contribution in [1.29, 1.82) is 0 Å². The van der Waals surface area contributed by atoms with Crippen LogP contribution in [0.4, 0.5) is 0 Å². The topological polar surface area (TPSA) is 18.5 Å². The van der Waals surface area contributed by atoms with Crippen molar-refractivity contribution in [1.82, 2.24) is 15.1 Å². The standard InChI is InChI=1S/C16H35N3/c1-4-7-8-9-11-17-12-14-18-13-10-16(15-18)19(5-2)6-3/h16-17H,4-15H2,1-3H3. The van der Waals surface area contributed by atoms with Gasteiger partial charge in [-0.1, -0.05) is 40.0 Å². The van der Waals surface area contributed by atoms with Crippen LogP contribution in [-0.4, -0.2) is 61.7 Å². The number of likely N-dealkylation sites (N-methyl/N-ethyl adjacent to an activating group) is 1. The maximum atomic E-state index is 3.59. The van der Waals surface area contributed by atoms with Crippen molar-refractivity contribution in [3.8, 4) is 0 Å². The zero-order valence-electron chi connectivity index (χ0n) is 13.5. The molecule has 0 aromatic heterocycles. The summed E-state index contributed by atoms with van der Waals surface area (Å²) < 4.78 is 0. The predicted octanol–water partition coefficient (Wildman–Crippen LogP) is 2.57. The molecule has 1 unspecified atom stereocenters. The zero-order valence-corrected chi connectivity index (χ0v) is 13.5. The van der Waals surface area contributed by atoms with E-state index in [1.54, 1.807) is 0 Å². The summed E-state index contributed by atoms with van der Waals surface area (Å²) in [7, 11) is 0. The molecule has 3 nitrogen and oxygen atoms in total. The molecule has 0 amide bonds. The Hall–Kier alpha value is -0.120. The van der Waals surface area contributed by atoms with Gasteiger partial charge in [0.05, 0.1) is 0 Å². The molecule has 1 atom stereocenters. The van der Waals surface area contributed by atoms with Gasteiger partial charge in [0.25, 0.3) is 0 Å². The van der Waals surface area contributed by atoms with Crippen molar-refractivity contribution >= 4 is 0 Å². The number of likely N-dealkylation sites (tertiary alicyclic amines) is 1. The summed E-state index contributed by atoms with van der Waals surface area (Å²) in [6, 6.07) is 0.805. The zero-order chi connectivity index (χ0) is 13.9. The Labute approximate surface area is 120 Å². The van der Waals surface area contributed by atoms with Crippen molar-refractivity contribution in [2.45, 2.75) is 58.9 Å². The lowest BCUT2D eigenvalue weighted by molar-refractivity contribution is 0.211. The Morgan fingerprint density at radius 3 is 2.53 bits per heavy atom. The van der Waals surface area contributed by atoms with Crippen molar-refractivity contribution in [2.24, 2.45) is 0 Å². The van der Waals surface area contributed by atoms with Crippen molar-refractivity contribution in [3.05, 3.63) is 0 Å². The summed E-state index contributed by atoms with van der Waals surface area (Å²) in [6.07, 6.45) is 6.81. The first-order valence-electron chi connectivity index (χ1n) is 8.48. The highest BCUT2D eigenvalue weighted by Crippen LogP contribution is 2.14. The van der Waals surface area contributed by atoms with Crippen LogP contribution >= 0.6 is 0 Å². The second-order valence-corrected chi connectivity index (χ2v) is 5.77. The lowest BCUT2D eigenvalue weighted by atomic mass is 10.2. The first-order chi connectivity index (χ1) is 9.31. The molecule has 114 valence electrons. The van der Waals surface area contributed by atoms with Crippen LogP contribution in [0.15, 0.2) is 0 Å². The molecular weight excluding hydrogens is 234 g/mol. The van der Waals surface area contributed by atoms with Gasteiger partial charge in [-0.2, -0.15) is 0 Å². The van der Waals surface area contributed by atoms with Crippen molar-refractivity contribution < 1.29 is 0 Å². The normalized spacial score (nSPS) is 20.5. The van der Waals surface area contributed by atoms with E-state index in [1.807, 2.05) is 0 Å². The molecule has 1 rings (SSSR count). The fourth-order valence-electron chi connectivity index (χ4n) is 3.09. The smallest absolute Gasteiger partial charge is 0.0235 e. The monoisotopic (exact) mass is 269 g/mol. The average Bonchev–Trinajstić information content (AvgIpc) is 2.88. The van der Waals surface area contributed by atoms with E-state index in [0.717, 1.165) is 12.6 Å². The molecular formula is C16H35N3. The highest BCUT2D eigenvalue weighted by atomic mass is 15.3. The molecule has 0 aromatic rings. The van der Waals surface area contributed by atoms with E-state index in [4.69, 9.17) is 0 Å². The van der Waals surface area contributed by atoms with Gasteiger partial charge in [0, 0.05) is 25.7 Å². The van der Waals surface area contributed by atoms with E-state index < -0.39 is 0 Å². The van der Waals surface area contributed by atoms with Gasteiger partial charge in [0.2, 0.25) is 0 Å². The lowest BCUT2D eigenvalue weighted by Crippen LogP contribution is -2.38. The van der Waals surface area contributed by atoms with Gasteiger partial charge in [0.1, 0.15) is 0 Å². The molecule has 0 bridgehead atoms. The van der Waals surface area contributed by atoms with E-state index in [-0.39, 0.29) is 0 Å². The SMILES string of the molecule is CCCCCCNCCN1CCC(N(CC)CC)C1. The molecule has 0 aromatic carbocycles. The van der Waals surface area contributed by atoms with Gasteiger partial charge < -0.3 is 10.2 Å². The second-order valence-electron chi connectivity index (χ2n) is 5.77. The highest BCUT2D eigenvalue weighted by molar-refractivity contribution is 4.82. The Morgan fingerprint density at radius 1 is 1.05 bits per heavy atom. The molecule has 1 fully saturated rings. The number of nitrogens with zero attached hydrogens (tertiary/aromatic N) is 2. The Bertz CT molecular complexity index is 204. The molecule has 1 aliphatic rings.